The van der Waals surface area contributed by atoms with Crippen molar-refractivity contribution in [2.45, 2.75) is 55.3 Å². The second kappa shape index (κ2) is 12.8. The van der Waals surface area contributed by atoms with Gasteiger partial charge in [0.15, 0.2) is 28.9 Å². The van der Waals surface area contributed by atoms with Crippen molar-refractivity contribution in [1.29, 1.82) is 0 Å². The summed E-state index contributed by atoms with van der Waals surface area (Å²) < 4.78 is 7.52. The number of aliphatic carboxylic acids is 1. The largest absolute Gasteiger partial charge is 0.492 e. The maximum atomic E-state index is 13.3. The molecule has 222 valence electrons. The minimum Gasteiger partial charge on any atom is -0.492 e. The van der Waals surface area contributed by atoms with Crippen LogP contribution in [0.2, 0.25) is 0 Å². The molecule has 5 N–H and O–H groups in total. The molecule has 2 aliphatic heterocycles. The third kappa shape index (κ3) is 6.33. The van der Waals surface area contributed by atoms with Crippen LogP contribution in [0.1, 0.15) is 31.4 Å². The van der Waals surface area contributed by atoms with Crippen LogP contribution in [0.25, 0.3) is 0 Å². The molecule has 42 heavy (non-hydrogen) atoms. The quantitative estimate of drug-likeness (QED) is 0.0895. The van der Waals surface area contributed by atoms with Gasteiger partial charge in [0.1, 0.15) is 36.2 Å². The second-order valence-corrected chi connectivity index (χ2v) is 11.7. The highest BCUT2D eigenvalue weighted by Crippen LogP contribution is 2.35. The van der Waals surface area contributed by atoms with Crippen LogP contribution in [0.15, 0.2) is 51.4 Å². The number of carboxylic acid groups (broad SMARTS) is 1. The lowest BCUT2D eigenvalue weighted by molar-refractivity contribution is -0.684. The predicted molar refractivity (Wildman–Crippen MR) is 151 cm³/mol. The fourth-order valence-electron chi connectivity index (χ4n) is 4.84. The Hall–Kier alpha value is -4.18. The first-order chi connectivity index (χ1) is 20.2. The Morgan fingerprint density at radius 3 is 2.69 bits per heavy atom. The molecule has 0 aromatic carbocycles. The molecule has 0 bridgehead atoms. The zero-order chi connectivity index (χ0) is 29.8. The Kier molecular flexibility index (Phi) is 8.91. The van der Waals surface area contributed by atoms with Crippen LogP contribution in [-0.2, 0) is 35.3 Å². The molecule has 5 rings (SSSR count). The Balaban J connectivity index is 1.26. The first kappa shape index (κ1) is 29.3. The van der Waals surface area contributed by atoms with Crippen LogP contribution in [0.5, 0.6) is 0 Å². The monoisotopic (exact) mass is 616 g/mol. The fourth-order valence-corrected chi connectivity index (χ4v) is 6.22. The zero-order valence-corrected chi connectivity index (χ0v) is 24.3. The molecule has 0 radical (unpaired) electrons. The van der Waals surface area contributed by atoms with Crippen molar-refractivity contribution in [3.63, 3.8) is 0 Å². The molecule has 2 atom stereocenters. The summed E-state index contributed by atoms with van der Waals surface area (Å²) >= 11 is 2.47. The van der Waals surface area contributed by atoms with Crippen molar-refractivity contribution in [3.8, 4) is 0 Å². The predicted octanol–water partition coefficient (Wildman–Crippen LogP) is 0.236. The molecule has 3 amide bonds. The van der Waals surface area contributed by atoms with Crippen molar-refractivity contribution >= 4 is 57.6 Å². The summed E-state index contributed by atoms with van der Waals surface area (Å²) in [5.74, 6) is -2.39. The number of carbonyl (C=O) groups is 4. The van der Waals surface area contributed by atoms with E-state index in [2.05, 4.69) is 20.8 Å². The highest BCUT2D eigenvalue weighted by Gasteiger charge is 2.55. The molecule has 16 heteroatoms. The molecule has 2 aromatic heterocycles. The van der Waals surface area contributed by atoms with E-state index in [1.807, 2.05) is 0 Å². The highest BCUT2D eigenvalue weighted by atomic mass is 32.2. The van der Waals surface area contributed by atoms with Crippen LogP contribution in [0.4, 0.5) is 5.13 Å². The van der Waals surface area contributed by atoms with E-state index in [4.69, 9.17) is 15.3 Å². The Morgan fingerprint density at radius 1 is 1.31 bits per heavy atom. The summed E-state index contributed by atoms with van der Waals surface area (Å²) in [6.07, 6.45) is 7.08. The number of thiazole rings is 1. The van der Waals surface area contributed by atoms with Crippen LogP contribution < -0.4 is 20.9 Å². The average molecular weight is 617 g/mol. The summed E-state index contributed by atoms with van der Waals surface area (Å²) in [6, 6.07) is 1.87. The van der Waals surface area contributed by atoms with Crippen molar-refractivity contribution in [2.75, 3.05) is 25.1 Å². The van der Waals surface area contributed by atoms with Crippen LogP contribution in [0, 0.1) is 0 Å². The van der Waals surface area contributed by atoms with Crippen LogP contribution in [-0.4, -0.2) is 82.0 Å². The number of pyridine rings is 1. The molecular weight excluding hydrogens is 586 g/mol. The third-order valence-electron chi connectivity index (χ3n) is 7.05. The molecule has 0 spiro atoms. The van der Waals surface area contributed by atoms with Gasteiger partial charge in [-0.15, -0.1) is 23.1 Å². The number of anilines is 1. The molecule has 3 aliphatic rings. The standard InChI is InChI=1S/C26H29N7O7S2/c1-28-19(34)10-32-8-6-15(7-9-32)41-13-18-22(25(37)38)33-17(11-39-18)21(24(33)36)30-23(35)20(16-12-42-26(27)29-16)31-40-14-4-2-3-5-14/h6-9,12,14,17,21H,2-5,10-11,13H2,1H3,(H4-,27,28,29,30,34,35,37,38)/p+1/b31-20-/t17-,21+/m1/s1. The molecule has 0 unspecified atom stereocenters. The average Bonchev–Trinajstić information content (AvgIpc) is 3.67. The summed E-state index contributed by atoms with van der Waals surface area (Å²) in [5.41, 5.74) is 5.61. The van der Waals surface area contributed by atoms with Gasteiger partial charge in [0, 0.05) is 29.5 Å². The summed E-state index contributed by atoms with van der Waals surface area (Å²) in [5, 5.41) is 21.1. The number of likely N-dealkylation sites (N-methyl/N-ethyl adjacent to an activating group) is 1. The lowest BCUT2D eigenvalue weighted by Crippen LogP contribution is -2.73. The number of carbonyl (C=O) groups excluding carboxylic acids is 3. The van der Waals surface area contributed by atoms with E-state index in [0.717, 1.165) is 46.8 Å². The van der Waals surface area contributed by atoms with Gasteiger partial charge in [-0.25, -0.2) is 9.78 Å². The lowest BCUT2D eigenvalue weighted by Gasteiger charge is -2.49. The Labute approximate surface area is 248 Å². The van der Waals surface area contributed by atoms with Gasteiger partial charge in [0.2, 0.25) is 6.54 Å². The number of nitrogens with two attached hydrogens (primary N) is 1. The van der Waals surface area contributed by atoms with E-state index in [9.17, 15) is 24.3 Å². The van der Waals surface area contributed by atoms with Crippen molar-refractivity contribution in [3.05, 3.63) is 47.1 Å². The number of carboxylic acids is 1. The van der Waals surface area contributed by atoms with E-state index >= 15 is 0 Å². The molecule has 1 saturated heterocycles. The number of nitrogens with one attached hydrogen (secondary N) is 2. The van der Waals surface area contributed by atoms with Gasteiger partial charge in [-0.3, -0.25) is 19.3 Å². The smallest absolute Gasteiger partial charge is 0.356 e. The minimum atomic E-state index is -1.31. The number of hydrogen-bond donors (Lipinski definition) is 4. The van der Waals surface area contributed by atoms with E-state index < -0.39 is 29.9 Å². The number of oxime groups is 1. The van der Waals surface area contributed by atoms with Gasteiger partial charge in [-0.2, -0.15) is 4.57 Å². The van der Waals surface area contributed by atoms with Crippen molar-refractivity contribution < 1.29 is 38.4 Å². The van der Waals surface area contributed by atoms with Gasteiger partial charge in [-0.1, -0.05) is 5.16 Å². The number of hydrogen-bond acceptors (Lipinski definition) is 11. The molecule has 1 aliphatic carbocycles. The second-order valence-electron chi connectivity index (χ2n) is 9.81. The van der Waals surface area contributed by atoms with Crippen molar-refractivity contribution in [1.82, 2.24) is 20.5 Å². The topological polar surface area (TPSA) is 189 Å². The fraction of sp³-hybridized carbons (Fsp3) is 0.423. The van der Waals surface area contributed by atoms with Gasteiger partial charge in [0.25, 0.3) is 17.7 Å². The maximum Gasteiger partial charge on any atom is 0.356 e. The number of aromatic nitrogens is 2. The van der Waals surface area contributed by atoms with Gasteiger partial charge in [-0.05, 0) is 25.7 Å². The minimum absolute atomic E-state index is 0.00101. The number of rotatable bonds is 11. The number of thioether (sulfide) groups is 1. The summed E-state index contributed by atoms with van der Waals surface area (Å²) in [7, 11) is 1.56. The number of fused-ring (bicyclic) bond motifs is 1. The summed E-state index contributed by atoms with van der Waals surface area (Å²) in [6.45, 7) is 0.173. The highest BCUT2D eigenvalue weighted by molar-refractivity contribution is 7.99. The van der Waals surface area contributed by atoms with E-state index in [1.54, 1.807) is 41.5 Å². The van der Waals surface area contributed by atoms with Gasteiger partial charge >= 0.3 is 5.97 Å². The lowest BCUT2D eigenvalue weighted by atomic mass is 9.92. The number of nitrogen functional groups attached to an aromatic ring is 1. The van der Waals surface area contributed by atoms with Gasteiger partial charge < -0.3 is 31.0 Å². The summed E-state index contributed by atoms with van der Waals surface area (Å²) in [4.78, 5) is 61.9. The SMILES string of the molecule is CNC(=O)C[n+]1ccc(SCC2=C(C(=O)O)N3C(=O)[C@@H](NC(=O)/C(=N\OC4CCCC4)c4csc(N)n4)[C@H]3CO2)cc1. The molecular formula is C26H30N7O7S2+. The molecule has 4 heterocycles. The molecule has 1 saturated carbocycles. The first-order valence-electron chi connectivity index (χ1n) is 13.3. The maximum absolute atomic E-state index is 13.3. The Morgan fingerprint density at radius 2 is 2.05 bits per heavy atom. The van der Waals surface area contributed by atoms with E-state index in [-0.39, 0.29) is 58.9 Å². The van der Waals surface area contributed by atoms with Crippen LogP contribution >= 0.6 is 23.1 Å². The van der Waals surface area contributed by atoms with E-state index in [1.165, 1.54) is 11.8 Å². The van der Waals surface area contributed by atoms with Crippen LogP contribution in [0.3, 0.4) is 0 Å². The van der Waals surface area contributed by atoms with Gasteiger partial charge in [0.05, 0.1) is 5.75 Å². The zero-order valence-electron chi connectivity index (χ0n) is 22.6. The van der Waals surface area contributed by atoms with Crippen molar-refractivity contribution in [2.24, 2.45) is 5.16 Å². The molecule has 2 aromatic rings. The number of nitrogens with zero attached hydrogens (tertiary/aromatic N) is 4. The van der Waals surface area contributed by atoms with E-state index in [0.29, 0.717) is 0 Å². The molecule has 2 fully saturated rings. The third-order valence-corrected chi connectivity index (χ3v) is 8.74. The normalized spacial score (nSPS) is 20.5. The Bertz CT molecular complexity index is 1440. The number of β-lactam (4-membered cyclic amide) rings is 1. The molecule has 14 nitrogen and oxygen atoms in total. The number of amides is 3. The first-order valence-corrected chi connectivity index (χ1v) is 15.1. The number of ether oxygens (including phenoxy) is 1.